The van der Waals surface area contributed by atoms with Gasteiger partial charge in [-0.25, -0.2) is 9.59 Å². The van der Waals surface area contributed by atoms with Crippen molar-refractivity contribution in [1.82, 2.24) is 0 Å². The summed E-state index contributed by atoms with van der Waals surface area (Å²) in [5.74, 6) is -0.714. The Morgan fingerprint density at radius 3 is 1.50 bits per heavy atom. The first-order valence-electron chi connectivity index (χ1n) is 6.92. The van der Waals surface area contributed by atoms with E-state index in [4.69, 9.17) is 9.47 Å². The number of benzene rings is 2. The highest BCUT2D eigenvalue weighted by atomic mass is 16.5. The molecule has 6 heteroatoms. The summed E-state index contributed by atoms with van der Waals surface area (Å²) in [5, 5.41) is 8.11. The van der Waals surface area contributed by atoms with Crippen LogP contribution >= 0.6 is 0 Å². The van der Waals surface area contributed by atoms with Crippen LogP contribution in [-0.4, -0.2) is 11.9 Å². The zero-order chi connectivity index (χ0) is 17.4. The van der Waals surface area contributed by atoms with Crippen LogP contribution in [0.25, 0.3) is 0 Å². The fourth-order valence-electron chi connectivity index (χ4n) is 1.66. The minimum Gasteiger partial charge on any atom is -0.421 e. The van der Waals surface area contributed by atoms with E-state index in [0.29, 0.717) is 11.4 Å². The first kappa shape index (κ1) is 16.8. The van der Waals surface area contributed by atoms with E-state index >= 15 is 0 Å². The number of nitrogens with zero attached hydrogens (tertiary/aromatic N) is 2. The van der Waals surface area contributed by atoms with Gasteiger partial charge in [0.15, 0.2) is 11.5 Å². The summed E-state index contributed by atoms with van der Waals surface area (Å²) < 4.78 is 10.2. The Hall–Kier alpha value is -3.54. The van der Waals surface area contributed by atoms with Gasteiger partial charge in [-0.05, 0) is 24.3 Å². The Morgan fingerprint density at radius 1 is 0.750 bits per heavy atom. The summed E-state index contributed by atoms with van der Waals surface area (Å²) in [7, 11) is 0. The Bertz CT molecular complexity index is 745. The lowest BCUT2D eigenvalue weighted by atomic mass is 10.3. The molecular formula is C18H14N2O4. The van der Waals surface area contributed by atoms with E-state index in [1.165, 1.54) is 0 Å². The normalized spacial score (nSPS) is 10.2. The van der Waals surface area contributed by atoms with Crippen molar-refractivity contribution in [2.24, 2.45) is 10.2 Å². The Morgan fingerprint density at radius 2 is 1.12 bits per heavy atom. The van der Waals surface area contributed by atoms with Crippen molar-refractivity contribution in [3.63, 3.8) is 0 Å². The molecule has 0 amide bonds. The highest BCUT2D eigenvalue weighted by molar-refractivity contribution is 5.85. The van der Waals surface area contributed by atoms with Crippen molar-refractivity contribution >= 4 is 23.3 Å². The van der Waals surface area contributed by atoms with Crippen molar-refractivity contribution in [2.45, 2.75) is 0 Å². The standard InChI is InChI=1S/C18H14N2O4/c1-3-17(21)23-15-11-7-5-9-13(15)19-20-14-10-6-8-12-16(14)24-18(22)4-2/h3-12H,1-2H2/b20-19+. The lowest BCUT2D eigenvalue weighted by Gasteiger charge is -2.05. The number of para-hydroxylation sites is 2. The Kier molecular flexibility index (Phi) is 5.74. The molecular weight excluding hydrogens is 308 g/mol. The van der Waals surface area contributed by atoms with Gasteiger partial charge >= 0.3 is 11.9 Å². The molecule has 0 atom stereocenters. The van der Waals surface area contributed by atoms with Gasteiger partial charge in [0.05, 0.1) is 0 Å². The summed E-state index contributed by atoms with van der Waals surface area (Å²) >= 11 is 0. The van der Waals surface area contributed by atoms with Gasteiger partial charge in [-0.3, -0.25) is 0 Å². The van der Waals surface area contributed by atoms with Crippen LogP contribution in [0, 0.1) is 0 Å². The number of hydrogen-bond donors (Lipinski definition) is 0. The minimum absolute atomic E-state index is 0.242. The SMILES string of the molecule is C=CC(=O)Oc1ccccc1/N=N/c1ccccc1OC(=O)C=C. The molecule has 6 nitrogen and oxygen atoms in total. The van der Waals surface area contributed by atoms with Crippen LogP contribution in [0.2, 0.25) is 0 Å². The number of hydrogen-bond acceptors (Lipinski definition) is 6. The molecule has 24 heavy (non-hydrogen) atoms. The smallest absolute Gasteiger partial charge is 0.335 e. The average molecular weight is 322 g/mol. The first-order chi connectivity index (χ1) is 11.6. The fourth-order valence-corrected chi connectivity index (χ4v) is 1.66. The molecule has 2 rings (SSSR count). The van der Waals surface area contributed by atoms with Gasteiger partial charge in [0.2, 0.25) is 0 Å². The summed E-state index contributed by atoms with van der Waals surface area (Å²) in [6.45, 7) is 6.68. The summed E-state index contributed by atoms with van der Waals surface area (Å²) in [6, 6.07) is 13.3. The summed E-state index contributed by atoms with van der Waals surface area (Å²) in [4.78, 5) is 22.7. The topological polar surface area (TPSA) is 77.3 Å². The number of rotatable bonds is 6. The van der Waals surface area contributed by atoms with Gasteiger partial charge in [-0.2, -0.15) is 0 Å². The third kappa shape index (κ3) is 4.48. The molecule has 2 aromatic carbocycles. The van der Waals surface area contributed by atoms with Crippen LogP contribution < -0.4 is 9.47 Å². The minimum atomic E-state index is -0.599. The molecule has 0 N–H and O–H groups in total. The number of carbonyl (C=O) groups is 2. The lowest BCUT2D eigenvalue weighted by molar-refractivity contribution is -0.129. The van der Waals surface area contributed by atoms with E-state index in [9.17, 15) is 9.59 Å². The number of carbonyl (C=O) groups excluding carboxylic acids is 2. The number of azo groups is 1. The Labute approximate surface area is 138 Å². The fraction of sp³-hybridized carbons (Fsp3) is 0. The molecule has 0 aliphatic rings. The maximum atomic E-state index is 11.3. The molecule has 0 radical (unpaired) electrons. The van der Waals surface area contributed by atoms with Crippen molar-refractivity contribution in [3.8, 4) is 11.5 Å². The molecule has 0 aromatic heterocycles. The van der Waals surface area contributed by atoms with Crippen LogP contribution in [0.5, 0.6) is 11.5 Å². The molecule has 0 aliphatic heterocycles. The maximum absolute atomic E-state index is 11.3. The van der Waals surface area contributed by atoms with Gasteiger partial charge < -0.3 is 9.47 Å². The molecule has 0 saturated carbocycles. The van der Waals surface area contributed by atoms with Gasteiger partial charge in [0, 0.05) is 12.2 Å². The molecule has 0 spiro atoms. The average Bonchev–Trinajstić information content (AvgIpc) is 2.61. The Balaban J connectivity index is 2.29. The highest BCUT2D eigenvalue weighted by Crippen LogP contribution is 2.32. The largest absolute Gasteiger partial charge is 0.421 e. The van der Waals surface area contributed by atoms with Crippen LogP contribution in [0.1, 0.15) is 0 Å². The van der Waals surface area contributed by atoms with E-state index in [2.05, 4.69) is 23.4 Å². The lowest BCUT2D eigenvalue weighted by Crippen LogP contribution is -2.03. The van der Waals surface area contributed by atoms with Gasteiger partial charge in [0.1, 0.15) is 11.4 Å². The molecule has 0 saturated heterocycles. The molecule has 0 bridgehead atoms. The van der Waals surface area contributed by atoms with Crippen LogP contribution in [0.4, 0.5) is 11.4 Å². The van der Waals surface area contributed by atoms with Crippen molar-refractivity contribution < 1.29 is 19.1 Å². The zero-order valence-electron chi connectivity index (χ0n) is 12.7. The second-order valence-corrected chi connectivity index (χ2v) is 4.39. The van der Waals surface area contributed by atoms with Gasteiger partial charge in [-0.15, -0.1) is 10.2 Å². The molecule has 2 aromatic rings. The van der Waals surface area contributed by atoms with E-state index in [1.54, 1.807) is 48.5 Å². The van der Waals surface area contributed by atoms with Crippen LogP contribution in [-0.2, 0) is 9.59 Å². The second-order valence-electron chi connectivity index (χ2n) is 4.39. The quantitative estimate of drug-likeness (QED) is 0.344. The summed E-state index contributed by atoms with van der Waals surface area (Å²) in [5.41, 5.74) is 0.690. The molecule has 0 fully saturated rings. The van der Waals surface area contributed by atoms with Crippen molar-refractivity contribution in [3.05, 3.63) is 73.8 Å². The summed E-state index contributed by atoms with van der Waals surface area (Å²) in [6.07, 6.45) is 2.11. The highest BCUT2D eigenvalue weighted by Gasteiger charge is 2.08. The number of esters is 2. The predicted molar refractivity (Wildman–Crippen MR) is 88.7 cm³/mol. The monoisotopic (exact) mass is 322 g/mol. The zero-order valence-corrected chi connectivity index (χ0v) is 12.7. The third-order valence-corrected chi connectivity index (χ3v) is 2.75. The molecule has 0 heterocycles. The molecule has 0 unspecified atom stereocenters. The van der Waals surface area contributed by atoms with Gasteiger partial charge in [-0.1, -0.05) is 37.4 Å². The first-order valence-corrected chi connectivity index (χ1v) is 6.92. The predicted octanol–water partition coefficient (Wildman–Crippen LogP) is 4.28. The molecule has 0 aliphatic carbocycles. The van der Waals surface area contributed by atoms with Crippen molar-refractivity contribution in [2.75, 3.05) is 0 Å². The van der Waals surface area contributed by atoms with E-state index in [1.807, 2.05) is 0 Å². The van der Waals surface area contributed by atoms with Crippen molar-refractivity contribution in [1.29, 1.82) is 0 Å². The van der Waals surface area contributed by atoms with Crippen LogP contribution in [0.15, 0.2) is 84.1 Å². The maximum Gasteiger partial charge on any atom is 0.335 e. The van der Waals surface area contributed by atoms with Gasteiger partial charge in [0.25, 0.3) is 0 Å². The number of ether oxygens (including phenoxy) is 2. The van der Waals surface area contributed by atoms with E-state index in [-0.39, 0.29) is 11.5 Å². The van der Waals surface area contributed by atoms with E-state index < -0.39 is 11.9 Å². The van der Waals surface area contributed by atoms with Crippen LogP contribution in [0.3, 0.4) is 0 Å². The second kappa shape index (κ2) is 8.19. The van der Waals surface area contributed by atoms with E-state index in [0.717, 1.165) is 12.2 Å². The third-order valence-electron chi connectivity index (χ3n) is 2.75. The molecule has 120 valence electrons.